The van der Waals surface area contributed by atoms with Crippen molar-refractivity contribution in [3.8, 4) is 0 Å². The molecule has 0 aliphatic rings. The Hall–Kier alpha value is -2.15. The van der Waals surface area contributed by atoms with Gasteiger partial charge in [0.1, 0.15) is 5.56 Å². The number of aromatic carboxylic acids is 1. The number of hydrogen-bond donors (Lipinski definition) is 1. The molecule has 114 valence electrons. The average Bonchev–Trinajstić information content (AvgIpc) is 2.80. The number of anilines is 1. The standard InChI is InChI=1S/C14H20N4O3/c1-9(2)18(5-6-21-4)12-10-8-16-17(3)13(10)15-7-11(12)14(19)20/h7-9H,5-6H2,1-4H3,(H,19,20). The van der Waals surface area contributed by atoms with E-state index in [0.717, 1.165) is 5.39 Å². The minimum absolute atomic E-state index is 0.129. The highest BCUT2D eigenvalue weighted by Crippen LogP contribution is 2.30. The highest BCUT2D eigenvalue weighted by molar-refractivity contribution is 6.03. The molecule has 0 atom stereocenters. The van der Waals surface area contributed by atoms with Gasteiger partial charge in [-0.2, -0.15) is 5.10 Å². The normalized spacial score (nSPS) is 11.3. The van der Waals surface area contributed by atoms with Gasteiger partial charge in [-0.25, -0.2) is 9.78 Å². The maximum absolute atomic E-state index is 11.5. The molecule has 2 rings (SSSR count). The van der Waals surface area contributed by atoms with Crippen LogP contribution in [0.4, 0.5) is 5.69 Å². The number of carboxylic acids is 1. The number of rotatable bonds is 6. The summed E-state index contributed by atoms with van der Waals surface area (Å²) in [7, 11) is 3.41. The number of carbonyl (C=O) groups is 1. The average molecular weight is 292 g/mol. The molecule has 0 amide bonds. The van der Waals surface area contributed by atoms with Gasteiger partial charge in [0.15, 0.2) is 5.65 Å². The number of pyridine rings is 1. The van der Waals surface area contributed by atoms with E-state index in [1.54, 1.807) is 25.0 Å². The van der Waals surface area contributed by atoms with E-state index in [9.17, 15) is 9.90 Å². The van der Waals surface area contributed by atoms with Crippen molar-refractivity contribution in [2.45, 2.75) is 19.9 Å². The summed E-state index contributed by atoms with van der Waals surface area (Å²) in [5.74, 6) is -0.994. The van der Waals surface area contributed by atoms with E-state index in [0.29, 0.717) is 24.5 Å². The summed E-state index contributed by atoms with van der Waals surface area (Å²) in [6, 6.07) is 0.129. The van der Waals surface area contributed by atoms with E-state index in [2.05, 4.69) is 10.1 Å². The molecule has 0 spiro atoms. The first-order valence-corrected chi connectivity index (χ1v) is 6.77. The third kappa shape index (κ3) is 2.82. The van der Waals surface area contributed by atoms with Gasteiger partial charge in [0, 0.05) is 32.9 Å². The molecule has 2 aromatic rings. The molecular formula is C14H20N4O3. The quantitative estimate of drug-likeness (QED) is 0.869. The number of hydrogen-bond acceptors (Lipinski definition) is 5. The molecule has 0 bridgehead atoms. The van der Waals surface area contributed by atoms with Crippen molar-refractivity contribution in [3.63, 3.8) is 0 Å². The molecule has 7 nitrogen and oxygen atoms in total. The summed E-state index contributed by atoms with van der Waals surface area (Å²) in [6.07, 6.45) is 3.05. The second-order valence-electron chi connectivity index (χ2n) is 5.11. The monoisotopic (exact) mass is 292 g/mol. The highest BCUT2D eigenvalue weighted by Gasteiger charge is 2.23. The molecule has 0 fully saturated rings. The van der Waals surface area contributed by atoms with Crippen LogP contribution in [0.25, 0.3) is 11.0 Å². The van der Waals surface area contributed by atoms with Crippen LogP contribution in [0.1, 0.15) is 24.2 Å². The molecule has 0 unspecified atom stereocenters. The summed E-state index contributed by atoms with van der Waals surface area (Å²) in [6.45, 7) is 5.15. The SMILES string of the molecule is COCCN(c1c(C(=O)O)cnc2c1cnn2C)C(C)C. The lowest BCUT2D eigenvalue weighted by Gasteiger charge is -2.30. The molecular weight excluding hydrogens is 272 g/mol. The Morgan fingerprint density at radius 3 is 2.76 bits per heavy atom. The van der Waals surface area contributed by atoms with Crippen LogP contribution in [0.5, 0.6) is 0 Å². The molecule has 7 heteroatoms. The van der Waals surface area contributed by atoms with Gasteiger partial charge in [0.25, 0.3) is 0 Å². The van der Waals surface area contributed by atoms with Gasteiger partial charge >= 0.3 is 5.97 Å². The largest absolute Gasteiger partial charge is 0.478 e. The smallest absolute Gasteiger partial charge is 0.339 e. The van der Waals surface area contributed by atoms with Gasteiger partial charge in [-0.15, -0.1) is 0 Å². The summed E-state index contributed by atoms with van der Waals surface area (Å²) in [4.78, 5) is 17.8. The van der Waals surface area contributed by atoms with Gasteiger partial charge in [0.05, 0.1) is 23.9 Å². The molecule has 0 radical (unpaired) electrons. The first kappa shape index (κ1) is 15.2. The van der Waals surface area contributed by atoms with E-state index < -0.39 is 5.97 Å². The zero-order valence-corrected chi connectivity index (χ0v) is 12.7. The Labute approximate surface area is 123 Å². The lowest BCUT2D eigenvalue weighted by molar-refractivity contribution is 0.0697. The van der Waals surface area contributed by atoms with Gasteiger partial charge in [-0.05, 0) is 13.8 Å². The van der Waals surface area contributed by atoms with Crippen molar-refractivity contribution >= 4 is 22.7 Å². The fraction of sp³-hybridized carbons (Fsp3) is 0.500. The zero-order chi connectivity index (χ0) is 15.6. The molecule has 0 aromatic carbocycles. The highest BCUT2D eigenvalue weighted by atomic mass is 16.5. The zero-order valence-electron chi connectivity index (χ0n) is 12.7. The fourth-order valence-electron chi connectivity index (χ4n) is 2.37. The lowest BCUT2D eigenvalue weighted by Crippen LogP contribution is -2.35. The van der Waals surface area contributed by atoms with Crippen LogP contribution < -0.4 is 4.90 Å². The second kappa shape index (κ2) is 6.09. The first-order valence-electron chi connectivity index (χ1n) is 6.77. The van der Waals surface area contributed by atoms with E-state index in [4.69, 9.17) is 4.74 Å². The maximum atomic E-state index is 11.5. The Balaban J connectivity index is 2.66. The van der Waals surface area contributed by atoms with Crippen molar-refractivity contribution < 1.29 is 14.6 Å². The molecule has 0 aliphatic heterocycles. The van der Waals surface area contributed by atoms with Gasteiger partial charge < -0.3 is 14.7 Å². The van der Waals surface area contributed by atoms with Crippen LogP contribution in [-0.2, 0) is 11.8 Å². The molecule has 0 aliphatic carbocycles. The molecule has 21 heavy (non-hydrogen) atoms. The minimum Gasteiger partial charge on any atom is -0.478 e. The van der Waals surface area contributed by atoms with Crippen LogP contribution in [0.15, 0.2) is 12.4 Å². The fourth-order valence-corrected chi connectivity index (χ4v) is 2.37. The third-order valence-corrected chi connectivity index (χ3v) is 3.41. The van der Waals surface area contributed by atoms with Gasteiger partial charge in [-0.3, -0.25) is 4.68 Å². The maximum Gasteiger partial charge on any atom is 0.339 e. The number of nitrogens with zero attached hydrogens (tertiary/aromatic N) is 4. The van der Waals surface area contributed by atoms with Crippen molar-refractivity contribution in [1.29, 1.82) is 0 Å². The van der Waals surface area contributed by atoms with Crippen molar-refractivity contribution in [1.82, 2.24) is 14.8 Å². The summed E-state index contributed by atoms with van der Waals surface area (Å²) < 4.78 is 6.77. The Morgan fingerprint density at radius 1 is 1.48 bits per heavy atom. The van der Waals surface area contributed by atoms with E-state index >= 15 is 0 Å². The van der Waals surface area contributed by atoms with E-state index in [1.165, 1.54) is 6.20 Å². The van der Waals surface area contributed by atoms with Crippen molar-refractivity contribution in [2.24, 2.45) is 7.05 Å². The summed E-state index contributed by atoms with van der Waals surface area (Å²) in [5.41, 5.74) is 1.49. The number of methoxy groups -OCH3 is 1. The molecule has 1 N–H and O–H groups in total. The van der Waals surface area contributed by atoms with Crippen LogP contribution in [-0.4, -0.2) is 52.1 Å². The third-order valence-electron chi connectivity index (χ3n) is 3.41. The van der Waals surface area contributed by atoms with Gasteiger partial charge in [0.2, 0.25) is 0 Å². The molecule has 2 heterocycles. The van der Waals surface area contributed by atoms with Gasteiger partial charge in [-0.1, -0.05) is 0 Å². The number of ether oxygens (including phenoxy) is 1. The second-order valence-corrected chi connectivity index (χ2v) is 5.11. The number of fused-ring (bicyclic) bond motifs is 1. The molecule has 0 saturated heterocycles. The van der Waals surface area contributed by atoms with E-state index in [1.807, 2.05) is 18.7 Å². The Morgan fingerprint density at radius 2 is 2.19 bits per heavy atom. The molecule has 2 aromatic heterocycles. The lowest BCUT2D eigenvalue weighted by atomic mass is 10.1. The summed E-state index contributed by atoms with van der Waals surface area (Å²) in [5, 5.41) is 14.4. The Kier molecular flexibility index (Phi) is 4.42. The summed E-state index contributed by atoms with van der Waals surface area (Å²) >= 11 is 0. The van der Waals surface area contributed by atoms with Crippen LogP contribution >= 0.6 is 0 Å². The number of aryl methyl sites for hydroxylation is 1. The first-order chi connectivity index (χ1) is 9.97. The van der Waals surface area contributed by atoms with Crippen LogP contribution in [0, 0.1) is 0 Å². The number of carboxylic acid groups (broad SMARTS) is 1. The topological polar surface area (TPSA) is 80.5 Å². The minimum atomic E-state index is -0.994. The Bertz CT molecular complexity index is 651. The predicted octanol–water partition coefficient (Wildman–Crippen LogP) is 1.53. The predicted molar refractivity (Wildman–Crippen MR) is 79.8 cm³/mol. The van der Waals surface area contributed by atoms with E-state index in [-0.39, 0.29) is 11.6 Å². The molecule has 0 saturated carbocycles. The number of aromatic nitrogens is 3. The van der Waals surface area contributed by atoms with Crippen LogP contribution in [0.2, 0.25) is 0 Å². The van der Waals surface area contributed by atoms with Crippen molar-refractivity contribution in [2.75, 3.05) is 25.2 Å². The van der Waals surface area contributed by atoms with Crippen molar-refractivity contribution in [3.05, 3.63) is 18.0 Å². The van der Waals surface area contributed by atoms with Crippen LogP contribution in [0.3, 0.4) is 0 Å².